The molecule has 3 atom stereocenters. The summed E-state index contributed by atoms with van der Waals surface area (Å²) in [7, 11) is -3.54. The number of ether oxygens (including phenoxy) is 1. The normalized spacial score (nSPS) is 13.6. The minimum absolute atomic E-state index is 0.0793. The molecule has 2 amide bonds. The van der Waals surface area contributed by atoms with Gasteiger partial charge in [-0.25, -0.2) is 8.42 Å². The highest BCUT2D eigenvalue weighted by molar-refractivity contribution is 7.92. The smallest absolute Gasteiger partial charge is 0.251 e. The van der Waals surface area contributed by atoms with Gasteiger partial charge in [0.1, 0.15) is 6.73 Å². The van der Waals surface area contributed by atoms with Crippen LogP contribution in [0.2, 0.25) is 25.7 Å². The fourth-order valence-electron chi connectivity index (χ4n) is 5.52. The number of aromatic nitrogens is 1. The van der Waals surface area contributed by atoms with E-state index < -0.39 is 42.1 Å². The first-order valence-electron chi connectivity index (χ1n) is 17.5. The lowest BCUT2D eigenvalue weighted by atomic mass is 10.00. The highest BCUT2D eigenvalue weighted by Crippen LogP contribution is 2.22. The van der Waals surface area contributed by atoms with E-state index in [4.69, 9.17) is 4.74 Å². The van der Waals surface area contributed by atoms with Crippen molar-refractivity contribution in [2.45, 2.75) is 70.5 Å². The number of nitrogens with zero attached hydrogens (tertiary/aromatic N) is 2. The Hall–Kier alpha value is -4.27. The summed E-state index contributed by atoms with van der Waals surface area (Å²) in [5, 5.41) is 20.7. The Balaban J connectivity index is 1.51. The minimum atomic E-state index is -3.72. The monoisotopic (exact) mass is 747 g/mol. The summed E-state index contributed by atoms with van der Waals surface area (Å²) in [4.78, 5) is 27.4. The summed E-state index contributed by atoms with van der Waals surface area (Å²) in [6, 6.07) is 27.3. The zero-order chi connectivity index (χ0) is 37.9. The van der Waals surface area contributed by atoms with E-state index in [-0.39, 0.29) is 29.4 Å². The topological polar surface area (TPSA) is 142 Å². The molecule has 4 aromatic rings. The van der Waals surface area contributed by atoms with Crippen molar-refractivity contribution < 1.29 is 27.9 Å². The van der Waals surface area contributed by atoms with E-state index in [0.29, 0.717) is 26.3 Å². The molecular formula is C39H53N5O6SSi. The second-order valence-corrected chi connectivity index (χ2v) is 22.0. The van der Waals surface area contributed by atoms with Crippen LogP contribution >= 0.6 is 0 Å². The van der Waals surface area contributed by atoms with Gasteiger partial charge >= 0.3 is 0 Å². The number of sulfonamides is 1. The van der Waals surface area contributed by atoms with Crippen molar-refractivity contribution in [1.82, 2.24) is 20.5 Å². The molecule has 0 saturated carbocycles. The third-order valence-electron chi connectivity index (χ3n) is 8.84. The third kappa shape index (κ3) is 12.4. The molecule has 1 heterocycles. The Morgan fingerprint density at radius 2 is 1.52 bits per heavy atom. The number of benzene rings is 3. The van der Waals surface area contributed by atoms with E-state index >= 15 is 0 Å². The molecule has 280 valence electrons. The first-order chi connectivity index (χ1) is 24.6. The molecular weight excluding hydrogens is 695 g/mol. The lowest BCUT2D eigenvalue weighted by molar-refractivity contribution is 0.0816. The first-order valence-corrected chi connectivity index (χ1v) is 23.1. The van der Waals surface area contributed by atoms with Gasteiger partial charge in [0.2, 0.25) is 10.0 Å². The number of aliphatic hydroxyl groups excluding tert-OH is 1. The van der Waals surface area contributed by atoms with Crippen LogP contribution in [0.4, 0.5) is 5.69 Å². The molecule has 0 fully saturated rings. The maximum absolute atomic E-state index is 13.9. The number of carbonyl (C=O) groups is 2. The summed E-state index contributed by atoms with van der Waals surface area (Å²) in [6.45, 7) is 10.6. The second-order valence-electron chi connectivity index (χ2n) is 14.4. The largest absolute Gasteiger partial charge is 0.390 e. The quantitative estimate of drug-likeness (QED) is 0.0766. The van der Waals surface area contributed by atoms with Crippen LogP contribution in [0.5, 0.6) is 0 Å². The molecule has 13 heteroatoms. The van der Waals surface area contributed by atoms with Crippen LogP contribution in [0.1, 0.15) is 50.5 Å². The minimum Gasteiger partial charge on any atom is -0.390 e. The van der Waals surface area contributed by atoms with E-state index in [2.05, 4.69) is 35.6 Å². The van der Waals surface area contributed by atoms with E-state index in [0.717, 1.165) is 33.4 Å². The molecule has 0 aliphatic rings. The fourth-order valence-corrected chi connectivity index (χ4v) is 6.77. The van der Waals surface area contributed by atoms with Gasteiger partial charge in [0, 0.05) is 57.8 Å². The van der Waals surface area contributed by atoms with Crippen LogP contribution in [0.15, 0.2) is 97.2 Å². The lowest BCUT2D eigenvalue weighted by Crippen LogP contribution is -2.48. The number of hydrogen-bond acceptors (Lipinski definition) is 7. The molecule has 52 heavy (non-hydrogen) atoms. The Kier molecular flexibility index (Phi) is 14.4. The van der Waals surface area contributed by atoms with Crippen molar-refractivity contribution in [1.29, 1.82) is 0 Å². The van der Waals surface area contributed by atoms with Crippen molar-refractivity contribution in [3.8, 4) is 0 Å². The van der Waals surface area contributed by atoms with Crippen LogP contribution in [-0.4, -0.2) is 76.6 Å². The van der Waals surface area contributed by atoms with E-state index in [1.165, 1.54) is 25.2 Å². The second kappa shape index (κ2) is 18.5. The predicted molar refractivity (Wildman–Crippen MR) is 210 cm³/mol. The molecule has 0 unspecified atom stereocenters. The zero-order valence-corrected chi connectivity index (χ0v) is 32.8. The van der Waals surface area contributed by atoms with E-state index in [1.54, 1.807) is 0 Å². The lowest BCUT2D eigenvalue weighted by Gasteiger charge is -2.26. The molecule has 3 aromatic carbocycles. The van der Waals surface area contributed by atoms with E-state index in [9.17, 15) is 23.1 Å². The summed E-state index contributed by atoms with van der Waals surface area (Å²) >= 11 is 0. The predicted octanol–water partition coefficient (Wildman–Crippen LogP) is 5.18. The van der Waals surface area contributed by atoms with Crippen LogP contribution in [-0.2, 0) is 34.5 Å². The summed E-state index contributed by atoms with van der Waals surface area (Å²) in [6.07, 6.45) is 2.36. The van der Waals surface area contributed by atoms with Gasteiger partial charge in [-0.05, 0) is 60.8 Å². The summed E-state index contributed by atoms with van der Waals surface area (Å²) < 4.78 is 34.0. The number of nitrogens with one attached hydrogen (secondary N) is 3. The maximum atomic E-state index is 13.9. The van der Waals surface area contributed by atoms with Crippen molar-refractivity contribution in [3.63, 3.8) is 0 Å². The van der Waals surface area contributed by atoms with Crippen molar-refractivity contribution >= 4 is 35.6 Å². The van der Waals surface area contributed by atoms with Gasteiger partial charge in [-0.1, -0.05) is 80.3 Å². The first kappa shape index (κ1) is 40.5. The fraction of sp³-hybridized carbons (Fsp3) is 0.385. The highest BCUT2D eigenvalue weighted by atomic mass is 32.2. The number of rotatable bonds is 19. The van der Waals surface area contributed by atoms with Crippen LogP contribution in [0.3, 0.4) is 0 Å². The Bertz CT molecular complexity index is 1860. The number of aliphatic hydroxyl groups is 1. The molecule has 0 bridgehead atoms. The van der Waals surface area contributed by atoms with Gasteiger partial charge in [0.25, 0.3) is 11.8 Å². The highest BCUT2D eigenvalue weighted by Gasteiger charge is 2.25. The van der Waals surface area contributed by atoms with Crippen molar-refractivity contribution in [3.05, 3.63) is 125 Å². The maximum Gasteiger partial charge on any atom is 0.251 e. The molecule has 0 radical (unpaired) electrons. The molecule has 1 aromatic heterocycles. The van der Waals surface area contributed by atoms with Crippen LogP contribution in [0.25, 0.3) is 0 Å². The summed E-state index contributed by atoms with van der Waals surface area (Å²) in [5.41, 5.74) is 3.16. The zero-order valence-electron chi connectivity index (χ0n) is 31.0. The number of anilines is 1. The molecule has 0 spiro atoms. The van der Waals surface area contributed by atoms with Gasteiger partial charge in [-0.3, -0.25) is 13.9 Å². The third-order valence-corrected chi connectivity index (χ3v) is 11.7. The van der Waals surface area contributed by atoms with Gasteiger partial charge in [0.05, 0.1) is 30.1 Å². The molecule has 0 aliphatic carbocycles. The van der Waals surface area contributed by atoms with Gasteiger partial charge in [-0.15, -0.1) is 0 Å². The SMILES string of the molecule is C[C@@H](NC(=O)c1cc(C(=O)N[C@@H](Cc2ccccc2)[C@H](O)CNCc2cccn2COCC[Si](C)(C)C)cc(N(C)S(C)(=O)=O)c1)c1ccccc1. The number of hydrogen-bond donors (Lipinski definition) is 4. The molecule has 4 rings (SSSR count). The van der Waals surface area contributed by atoms with Crippen LogP contribution < -0.4 is 20.3 Å². The molecule has 0 saturated heterocycles. The molecule has 11 nitrogen and oxygen atoms in total. The average Bonchev–Trinajstić information content (AvgIpc) is 3.56. The Morgan fingerprint density at radius 1 is 0.904 bits per heavy atom. The van der Waals surface area contributed by atoms with Crippen LogP contribution in [0, 0.1) is 0 Å². The molecule has 0 aliphatic heterocycles. The number of carbonyl (C=O) groups excluding carboxylic acids is 2. The Labute approximate surface area is 309 Å². The molecule has 4 N–H and O–H groups in total. The van der Waals surface area contributed by atoms with E-state index in [1.807, 2.05) is 90.5 Å². The van der Waals surface area contributed by atoms with Gasteiger partial charge in [0.15, 0.2) is 0 Å². The van der Waals surface area contributed by atoms with Gasteiger partial charge in [-0.2, -0.15) is 0 Å². The van der Waals surface area contributed by atoms with Crippen molar-refractivity contribution in [2.75, 3.05) is 30.8 Å². The Morgan fingerprint density at radius 3 is 2.13 bits per heavy atom. The number of amides is 2. The van der Waals surface area contributed by atoms with Crippen molar-refractivity contribution in [2.24, 2.45) is 0 Å². The summed E-state index contributed by atoms with van der Waals surface area (Å²) in [5.74, 6) is -1.02. The standard InChI is InChI=1S/C39H53N5O6SSi/c1-29(31-16-11-8-12-17-31)41-38(46)32-23-33(25-35(24-32)43(2)51(3,48)49)39(47)42-36(22-30-14-9-7-10-15-30)37(45)27-40-26-34-18-13-19-44(34)28-50-20-21-52(4,5)6/h7-19,23-25,29,36-37,40,45H,20-22,26-28H2,1-6H3,(H,41,46)(H,42,47)/t29-,36+,37-/m1/s1. The average molecular weight is 748 g/mol. The van der Waals surface area contributed by atoms with Gasteiger partial charge < -0.3 is 30.4 Å².